The molecule has 0 unspecified atom stereocenters. The third kappa shape index (κ3) is 2.42. The lowest BCUT2D eigenvalue weighted by atomic mass is 9.48. The molecule has 150 valence electrons. The third-order valence-corrected chi connectivity index (χ3v) is 7.57. The molecule has 1 aromatic carbocycles. The Morgan fingerprint density at radius 2 is 1.74 bits per heavy atom. The van der Waals surface area contributed by atoms with Crippen LogP contribution >= 0.6 is 0 Å². The molecule has 5 nitrogen and oxygen atoms in total. The minimum absolute atomic E-state index is 0.375. The van der Waals surface area contributed by atoms with Gasteiger partial charge in [-0.15, -0.1) is 0 Å². The molecule has 2 saturated carbocycles. The first-order valence-electron chi connectivity index (χ1n) is 10.0. The summed E-state index contributed by atoms with van der Waals surface area (Å²) in [6, 6.07) is 9.87. The number of aliphatic hydroxyl groups excluding tert-OH is 2. The zero-order valence-electron chi connectivity index (χ0n) is 16.7. The van der Waals surface area contributed by atoms with Crippen LogP contribution in [0.25, 0.3) is 0 Å². The zero-order chi connectivity index (χ0) is 19.7. The van der Waals surface area contributed by atoms with Gasteiger partial charge in [-0.3, -0.25) is 0 Å². The summed E-state index contributed by atoms with van der Waals surface area (Å²) in [5, 5.41) is 33.9. The van der Waals surface area contributed by atoms with Crippen molar-refractivity contribution in [3.05, 3.63) is 35.9 Å². The number of aliphatic hydroxyl groups is 3. The lowest BCUT2D eigenvalue weighted by Crippen LogP contribution is -2.77. The first-order valence-corrected chi connectivity index (χ1v) is 10.0. The van der Waals surface area contributed by atoms with E-state index in [-0.39, 0.29) is 0 Å². The van der Waals surface area contributed by atoms with Crippen LogP contribution in [-0.2, 0) is 16.1 Å². The van der Waals surface area contributed by atoms with Crippen LogP contribution in [0, 0.1) is 11.3 Å². The van der Waals surface area contributed by atoms with Crippen molar-refractivity contribution in [1.82, 2.24) is 0 Å². The number of rotatable bonds is 3. The number of benzene rings is 1. The summed E-state index contributed by atoms with van der Waals surface area (Å²) in [6.45, 7) is 7.92. The molecule has 1 aliphatic heterocycles. The molecule has 2 aliphatic carbocycles. The van der Waals surface area contributed by atoms with E-state index >= 15 is 0 Å². The van der Waals surface area contributed by atoms with E-state index in [0.717, 1.165) is 18.4 Å². The molecule has 0 radical (unpaired) electrons. The van der Waals surface area contributed by atoms with E-state index in [2.05, 4.69) is 0 Å². The largest absolute Gasteiger partial charge is 0.390 e. The second kappa shape index (κ2) is 6.01. The highest BCUT2D eigenvalue weighted by atomic mass is 16.6. The fourth-order valence-electron chi connectivity index (χ4n) is 6.41. The summed E-state index contributed by atoms with van der Waals surface area (Å²) in [6.07, 6.45) is -0.263. The van der Waals surface area contributed by atoms with E-state index in [1.165, 1.54) is 0 Å². The van der Waals surface area contributed by atoms with Crippen molar-refractivity contribution in [3.63, 3.8) is 0 Å². The van der Waals surface area contributed by atoms with Gasteiger partial charge in [0.1, 0.15) is 5.60 Å². The first-order chi connectivity index (χ1) is 12.6. The highest BCUT2D eigenvalue weighted by Gasteiger charge is 2.80. The van der Waals surface area contributed by atoms with Crippen molar-refractivity contribution in [1.29, 1.82) is 0 Å². The minimum Gasteiger partial charge on any atom is -0.390 e. The van der Waals surface area contributed by atoms with Crippen LogP contribution in [0.5, 0.6) is 0 Å². The summed E-state index contributed by atoms with van der Waals surface area (Å²) in [5.41, 5.74) is -2.78. The average Bonchev–Trinajstić information content (AvgIpc) is 2.77. The van der Waals surface area contributed by atoms with Gasteiger partial charge in [0.05, 0.1) is 36.1 Å². The van der Waals surface area contributed by atoms with Crippen LogP contribution in [-0.4, -0.2) is 50.4 Å². The van der Waals surface area contributed by atoms with Gasteiger partial charge in [-0.05, 0) is 45.6 Å². The lowest BCUT2D eigenvalue weighted by molar-refractivity contribution is -0.318. The van der Waals surface area contributed by atoms with E-state index in [1.807, 2.05) is 51.1 Å². The molecule has 3 aliphatic rings. The summed E-state index contributed by atoms with van der Waals surface area (Å²) >= 11 is 0. The smallest absolute Gasteiger partial charge is 0.131 e. The molecular weight excluding hydrogens is 344 g/mol. The summed E-state index contributed by atoms with van der Waals surface area (Å²) < 4.78 is 12.8. The molecular formula is C22H32O5. The molecule has 1 heterocycles. The SMILES string of the molecule is CC1(C)O[C@]23[C@H](O)[C@H]1[C@H](O)[C@H](OCc1ccccc1)[C@]2(C)CCC[C@]3(C)O. The van der Waals surface area contributed by atoms with E-state index in [9.17, 15) is 15.3 Å². The van der Waals surface area contributed by atoms with Gasteiger partial charge in [-0.2, -0.15) is 0 Å². The van der Waals surface area contributed by atoms with Crippen LogP contribution in [0.4, 0.5) is 0 Å². The van der Waals surface area contributed by atoms with E-state index < -0.39 is 46.4 Å². The molecule has 1 saturated heterocycles. The fraction of sp³-hybridized carbons (Fsp3) is 0.727. The molecule has 0 aromatic heterocycles. The Hall–Kier alpha value is -0.980. The van der Waals surface area contributed by atoms with E-state index in [1.54, 1.807) is 6.92 Å². The molecule has 7 atom stereocenters. The topological polar surface area (TPSA) is 79.2 Å². The zero-order valence-corrected chi connectivity index (χ0v) is 16.7. The predicted octanol–water partition coefficient (Wildman–Crippen LogP) is 2.41. The number of hydrogen-bond acceptors (Lipinski definition) is 5. The Morgan fingerprint density at radius 1 is 1.07 bits per heavy atom. The van der Waals surface area contributed by atoms with Crippen molar-refractivity contribution >= 4 is 0 Å². The first kappa shape index (κ1) is 19.3. The third-order valence-electron chi connectivity index (χ3n) is 7.57. The molecule has 0 amide bonds. The summed E-state index contributed by atoms with van der Waals surface area (Å²) in [7, 11) is 0. The summed E-state index contributed by atoms with van der Waals surface area (Å²) in [4.78, 5) is 0. The molecule has 4 rings (SSSR count). The summed E-state index contributed by atoms with van der Waals surface area (Å²) in [5.74, 6) is -0.518. The standard InChI is InChI=1S/C22H32O5/c1-19(2)15-16(23)18(26-13-14-9-6-5-7-10-14)20(3)11-8-12-21(4,25)22(20,27-19)17(15)24/h5-7,9-10,15-18,23-25H,8,11-13H2,1-4H3/t15-,16+,17-,18+,20+,21+,22-/m1/s1. The van der Waals surface area contributed by atoms with E-state index in [4.69, 9.17) is 9.47 Å². The van der Waals surface area contributed by atoms with Gasteiger partial charge in [0.15, 0.2) is 0 Å². The Kier molecular flexibility index (Phi) is 4.30. The van der Waals surface area contributed by atoms with Crippen LogP contribution in [0.1, 0.15) is 52.5 Å². The van der Waals surface area contributed by atoms with Crippen LogP contribution < -0.4 is 0 Å². The highest BCUT2D eigenvalue weighted by molar-refractivity contribution is 5.29. The molecule has 1 spiro atoms. The maximum atomic E-state index is 11.4. The second-order valence-corrected chi connectivity index (χ2v) is 9.66. The molecule has 3 fully saturated rings. The van der Waals surface area contributed by atoms with Crippen molar-refractivity contribution < 1.29 is 24.8 Å². The Balaban J connectivity index is 1.77. The lowest BCUT2D eigenvalue weighted by Gasteiger charge is -2.63. The van der Waals surface area contributed by atoms with Gasteiger partial charge in [0.25, 0.3) is 0 Å². The van der Waals surface area contributed by atoms with Gasteiger partial charge in [-0.25, -0.2) is 0 Å². The van der Waals surface area contributed by atoms with Crippen molar-refractivity contribution in [3.8, 4) is 0 Å². The molecule has 3 N–H and O–H groups in total. The van der Waals surface area contributed by atoms with Crippen molar-refractivity contribution in [2.75, 3.05) is 0 Å². The fourth-order valence-corrected chi connectivity index (χ4v) is 6.41. The van der Waals surface area contributed by atoms with Gasteiger partial charge in [0.2, 0.25) is 0 Å². The molecule has 5 heteroatoms. The van der Waals surface area contributed by atoms with E-state index in [0.29, 0.717) is 13.0 Å². The van der Waals surface area contributed by atoms with Crippen LogP contribution in [0.2, 0.25) is 0 Å². The monoisotopic (exact) mass is 376 g/mol. The minimum atomic E-state index is -1.19. The van der Waals surface area contributed by atoms with Crippen molar-refractivity contribution in [2.45, 2.75) is 88.7 Å². The van der Waals surface area contributed by atoms with Crippen LogP contribution in [0.15, 0.2) is 30.3 Å². The predicted molar refractivity (Wildman–Crippen MR) is 101 cm³/mol. The number of fused-ring (bicyclic) bond motifs is 1. The van der Waals surface area contributed by atoms with Gasteiger partial charge in [-0.1, -0.05) is 37.3 Å². The van der Waals surface area contributed by atoms with Crippen LogP contribution in [0.3, 0.4) is 0 Å². The quantitative estimate of drug-likeness (QED) is 0.755. The maximum absolute atomic E-state index is 11.4. The Labute approximate surface area is 161 Å². The van der Waals surface area contributed by atoms with Crippen molar-refractivity contribution in [2.24, 2.45) is 11.3 Å². The molecule has 2 bridgehead atoms. The second-order valence-electron chi connectivity index (χ2n) is 9.66. The van der Waals surface area contributed by atoms with Gasteiger partial charge >= 0.3 is 0 Å². The maximum Gasteiger partial charge on any atom is 0.131 e. The Bertz CT molecular complexity index is 702. The van der Waals surface area contributed by atoms with Gasteiger partial charge in [0, 0.05) is 11.3 Å². The highest BCUT2D eigenvalue weighted by Crippen LogP contribution is 2.67. The molecule has 27 heavy (non-hydrogen) atoms. The number of hydrogen-bond donors (Lipinski definition) is 3. The van der Waals surface area contributed by atoms with Gasteiger partial charge < -0.3 is 24.8 Å². The average molecular weight is 376 g/mol. The normalized spacial score (nSPS) is 48.3. The number of ether oxygens (including phenoxy) is 2. The molecule has 1 aromatic rings. The Morgan fingerprint density at radius 3 is 2.41 bits per heavy atom.